The number of hydrogen-bond acceptors (Lipinski definition) is 4. The maximum atomic E-state index is 11.3. The number of esters is 1. The van der Waals surface area contributed by atoms with Crippen LogP contribution in [0.4, 0.5) is 5.69 Å². The van der Waals surface area contributed by atoms with Crippen molar-refractivity contribution in [2.45, 2.75) is 6.92 Å². The molecule has 0 spiro atoms. The van der Waals surface area contributed by atoms with Crippen LogP contribution >= 0.6 is 0 Å². The molecule has 0 heterocycles. The second kappa shape index (κ2) is 5.16. The summed E-state index contributed by atoms with van der Waals surface area (Å²) in [4.78, 5) is 22.5. The Labute approximate surface area is 98.7 Å². The van der Waals surface area contributed by atoms with Gasteiger partial charge in [0.05, 0.1) is 18.4 Å². The fourth-order valence-corrected chi connectivity index (χ4v) is 1.11. The number of rotatable bonds is 3. The van der Waals surface area contributed by atoms with E-state index in [0.29, 0.717) is 5.57 Å². The van der Waals surface area contributed by atoms with E-state index in [1.807, 2.05) is 0 Å². The molecule has 0 fully saturated rings. The number of ether oxygens (including phenoxy) is 1. The highest BCUT2D eigenvalue weighted by Gasteiger charge is 2.11. The summed E-state index contributed by atoms with van der Waals surface area (Å²) in [5.74, 6) is -1.16. The van der Waals surface area contributed by atoms with E-state index in [1.165, 1.54) is 25.3 Å². The summed E-state index contributed by atoms with van der Waals surface area (Å²) in [6, 6.07) is 4.09. The van der Waals surface area contributed by atoms with Gasteiger partial charge in [0.1, 0.15) is 5.75 Å². The third-order valence-electron chi connectivity index (χ3n) is 2.05. The minimum absolute atomic E-state index is 0.206. The second-order valence-corrected chi connectivity index (χ2v) is 3.46. The third kappa shape index (κ3) is 3.07. The van der Waals surface area contributed by atoms with Crippen LogP contribution in [0.2, 0.25) is 0 Å². The highest BCUT2D eigenvalue weighted by atomic mass is 16.5. The van der Waals surface area contributed by atoms with Crippen molar-refractivity contribution in [1.29, 1.82) is 0 Å². The average Bonchev–Trinajstić information content (AvgIpc) is 2.30. The van der Waals surface area contributed by atoms with Crippen LogP contribution in [-0.2, 0) is 9.53 Å². The smallest absolute Gasteiger partial charge is 0.337 e. The molecule has 2 N–H and O–H groups in total. The molecule has 0 saturated heterocycles. The summed E-state index contributed by atoms with van der Waals surface area (Å²) in [7, 11) is 1.25. The van der Waals surface area contributed by atoms with Gasteiger partial charge in [-0.25, -0.2) is 4.79 Å². The van der Waals surface area contributed by atoms with Gasteiger partial charge in [0.25, 0.3) is 5.91 Å². The van der Waals surface area contributed by atoms with Gasteiger partial charge in [-0.2, -0.15) is 0 Å². The minimum atomic E-state index is -0.557. The van der Waals surface area contributed by atoms with E-state index >= 15 is 0 Å². The number of aromatic hydroxyl groups is 1. The van der Waals surface area contributed by atoms with Crippen molar-refractivity contribution in [2.24, 2.45) is 0 Å². The lowest BCUT2D eigenvalue weighted by molar-refractivity contribution is -0.112. The van der Waals surface area contributed by atoms with Gasteiger partial charge in [-0.15, -0.1) is 0 Å². The summed E-state index contributed by atoms with van der Waals surface area (Å²) >= 11 is 0. The summed E-state index contributed by atoms with van der Waals surface area (Å²) in [5.41, 5.74) is 0.741. The van der Waals surface area contributed by atoms with Crippen LogP contribution in [0.3, 0.4) is 0 Å². The average molecular weight is 235 g/mol. The lowest BCUT2D eigenvalue weighted by Gasteiger charge is -2.08. The topological polar surface area (TPSA) is 75.6 Å². The Bertz CT molecular complexity index is 479. The quantitative estimate of drug-likeness (QED) is 0.475. The van der Waals surface area contributed by atoms with E-state index in [2.05, 4.69) is 16.6 Å². The molecule has 0 aliphatic carbocycles. The Kier molecular flexibility index (Phi) is 3.87. The summed E-state index contributed by atoms with van der Waals surface area (Å²) < 4.78 is 4.50. The first-order valence-electron chi connectivity index (χ1n) is 4.84. The van der Waals surface area contributed by atoms with Crippen molar-refractivity contribution in [3.8, 4) is 5.75 Å². The molecule has 1 amide bonds. The molecule has 0 radical (unpaired) electrons. The Morgan fingerprint density at radius 2 is 2.06 bits per heavy atom. The number of anilines is 1. The van der Waals surface area contributed by atoms with Crippen LogP contribution < -0.4 is 5.32 Å². The van der Waals surface area contributed by atoms with Crippen molar-refractivity contribution in [3.63, 3.8) is 0 Å². The molecule has 90 valence electrons. The summed E-state index contributed by atoms with van der Waals surface area (Å²) in [6.45, 7) is 5.02. The van der Waals surface area contributed by atoms with Crippen molar-refractivity contribution in [2.75, 3.05) is 12.4 Å². The molecule has 0 bridgehead atoms. The van der Waals surface area contributed by atoms with E-state index in [4.69, 9.17) is 0 Å². The SMILES string of the molecule is C=C(C)C(=O)Nc1ccc(C(=O)OC)cc1O. The lowest BCUT2D eigenvalue weighted by atomic mass is 10.2. The van der Waals surface area contributed by atoms with Crippen LogP contribution in [0.25, 0.3) is 0 Å². The molecule has 0 aliphatic rings. The number of hydrogen-bond donors (Lipinski definition) is 2. The molecule has 0 atom stereocenters. The van der Waals surface area contributed by atoms with Gasteiger partial charge in [-0.3, -0.25) is 4.79 Å². The molecule has 5 heteroatoms. The highest BCUT2D eigenvalue weighted by Crippen LogP contribution is 2.24. The van der Waals surface area contributed by atoms with Crippen LogP contribution in [0.5, 0.6) is 5.75 Å². The number of carbonyl (C=O) groups excluding carboxylic acids is 2. The summed E-state index contributed by atoms with van der Waals surface area (Å²) in [5, 5.41) is 12.1. The number of phenols is 1. The van der Waals surface area contributed by atoms with Gasteiger partial charge in [-0.1, -0.05) is 6.58 Å². The number of phenolic OH excluding ortho intramolecular Hbond substituents is 1. The number of methoxy groups -OCH3 is 1. The van der Waals surface area contributed by atoms with Gasteiger partial charge in [-0.05, 0) is 25.1 Å². The normalized spacial score (nSPS) is 9.53. The lowest BCUT2D eigenvalue weighted by Crippen LogP contribution is -2.12. The molecule has 1 aromatic carbocycles. The first-order valence-corrected chi connectivity index (χ1v) is 4.84. The molecule has 1 rings (SSSR count). The Balaban J connectivity index is 2.94. The minimum Gasteiger partial charge on any atom is -0.506 e. The predicted octanol–water partition coefficient (Wildman–Crippen LogP) is 1.69. The first kappa shape index (κ1) is 12.8. The van der Waals surface area contributed by atoms with E-state index in [-0.39, 0.29) is 17.0 Å². The molecule has 0 unspecified atom stereocenters. The van der Waals surface area contributed by atoms with Gasteiger partial charge in [0.15, 0.2) is 0 Å². The zero-order valence-electron chi connectivity index (χ0n) is 9.61. The Morgan fingerprint density at radius 3 is 2.53 bits per heavy atom. The first-order chi connectivity index (χ1) is 7.95. The number of carbonyl (C=O) groups is 2. The van der Waals surface area contributed by atoms with Crippen molar-refractivity contribution < 1.29 is 19.4 Å². The Morgan fingerprint density at radius 1 is 1.41 bits per heavy atom. The third-order valence-corrected chi connectivity index (χ3v) is 2.05. The zero-order valence-corrected chi connectivity index (χ0v) is 9.61. The van der Waals surface area contributed by atoms with Crippen molar-refractivity contribution >= 4 is 17.6 Å². The Hall–Kier alpha value is -2.30. The van der Waals surface area contributed by atoms with Crippen LogP contribution in [-0.4, -0.2) is 24.1 Å². The molecular weight excluding hydrogens is 222 g/mol. The predicted molar refractivity (Wildman–Crippen MR) is 62.9 cm³/mol. The van der Waals surface area contributed by atoms with E-state index < -0.39 is 11.9 Å². The van der Waals surface area contributed by atoms with Gasteiger partial charge < -0.3 is 15.2 Å². The number of benzene rings is 1. The fraction of sp³-hybridized carbons (Fsp3) is 0.167. The molecule has 5 nitrogen and oxygen atoms in total. The molecular formula is C12H13NO4. The van der Waals surface area contributed by atoms with E-state index in [9.17, 15) is 14.7 Å². The maximum Gasteiger partial charge on any atom is 0.337 e. The van der Waals surface area contributed by atoms with Gasteiger partial charge in [0.2, 0.25) is 0 Å². The number of nitrogens with one attached hydrogen (secondary N) is 1. The van der Waals surface area contributed by atoms with E-state index in [1.54, 1.807) is 6.92 Å². The highest BCUT2D eigenvalue weighted by molar-refractivity contribution is 6.04. The van der Waals surface area contributed by atoms with Gasteiger partial charge in [0, 0.05) is 5.57 Å². The van der Waals surface area contributed by atoms with Gasteiger partial charge >= 0.3 is 5.97 Å². The standard InChI is InChI=1S/C12H13NO4/c1-7(2)11(15)13-9-5-4-8(6-10(9)14)12(16)17-3/h4-6,14H,1H2,2-3H3,(H,13,15). The summed E-state index contributed by atoms with van der Waals surface area (Å²) in [6.07, 6.45) is 0. The maximum absolute atomic E-state index is 11.3. The van der Waals surface area contributed by atoms with Crippen LogP contribution in [0.1, 0.15) is 17.3 Å². The molecule has 1 aromatic rings. The monoisotopic (exact) mass is 235 g/mol. The van der Waals surface area contributed by atoms with Crippen LogP contribution in [0.15, 0.2) is 30.4 Å². The number of amides is 1. The van der Waals surface area contributed by atoms with Crippen LogP contribution in [0, 0.1) is 0 Å². The van der Waals surface area contributed by atoms with Crippen molar-refractivity contribution in [1.82, 2.24) is 0 Å². The molecule has 0 aliphatic heterocycles. The molecule has 0 aromatic heterocycles. The van der Waals surface area contributed by atoms with E-state index in [0.717, 1.165) is 0 Å². The molecule has 17 heavy (non-hydrogen) atoms. The largest absolute Gasteiger partial charge is 0.506 e. The second-order valence-electron chi connectivity index (χ2n) is 3.46. The fourth-order valence-electron chi connectivity index (χ4n) is 1.11. The zero-order chi connectivity index (χ0) is 13.0. The van der Waals surface area contributed by atoms with Crippen molar-refractivity contribution in [3.05, 3.63) is 35.9 Å². The molecule has 0 saturated carbocycles.